The van der Waals surface area contributed by atoms with Gasteiger partial charge in [0.1, 0.15) is 0 Å². The Morgan fingerprint density at radius 1 is 1.06 bits per heavy atom. The van der Waals surface area contributed by atoms with Gasteiger partial charge < -0.3 is 5.11 Å². The monoisotopic (exact) mass is 488 g/mol. The first kappa shape index (κ1) is 24.1. The maximum absolute atomic E-state index is 12.7. The summed E-state index contributed by atoms with van der Waals surface area (Å²) in [6.45, 7) is 4.60. The number of β-amino-alcohol motifs (C(OH)–C–C–N with tert-alkyl or cyclic N) is 1. The quantitative estimate of drug-likeness (QED) is 0.606. The number of aliphatic hydroxyl groups excluding tert-OH is 1. The van der Waals surface area contributed by atoms with Gasteiger partial charge in [-0.3, -0.25) is 9.80 Å². The first-order chi connectivity index (χ1) is 15.6. The Hall–Kier alpha value is -2.06. The van der Waals surface area contributed by atoms with Crippen LogP contribution in [0.1, 0.15) is 16.8 Å². The molecule has 2 saturated heterocycles. The average molecular weight is 489 g/mol. The molecule has 2 aliphatic rings. The lowest BCUT2D eigenvalue weighted by molar-refractivity contribution is -0.137. The number of piperazine rings is 1. The summed E-state index contributed by atoms with van der Waals surface area (Å²) in [6.07, 6.45) is -2.76. The molecule has 1 aromatic carbocycles. The number of halogens is 3. The van der Waals surface area contributed by atoms with Gasteiger partial charge in [0.05, 0.1) is 42.9 Å². The summed E-state index contributed by atoms with van der Waals surface area (Å²) < 4.78 is 66.4. The van der Waals surface area contributed by atoms with E-state index in [4.69, 9.17) is 5.11 Å². The normalized spacial score (nSPS) is 22.7. The van der Waals surface area contributed by atoms with E-state index in [1.54, 1.807) is 6.20 Å². The summed E-state index contributed by atoms with van der Waals surface area (Å²) in [6, 6.07) is 4.73. The Morgan fingerprint density at radius 2 is 1.76 bits per heavy atom. The summed E-state index contributed by atoms with van der Waals surface area (Å²) in [4.78, 5) is 4.35. The summed E-state index contributed by atoms with van der Waals surface area (Å²) in [7, 11) is -3.42. The highest BCUT2D eigenvalue weighted by Gasteiger charge is 2.40. The fourth-order valence-electron chi connectivity index (χ4n) is 4.28. The molecular formula is C20H27F3N6O3S. The van der Waals surface area contributed by atoms with Crippen molar-refractivity contribution >= 4 is 10.0 Å². The number of aliphatic hydroxyl groups is 1. The lowest BCUT2D eigenvalue weighted by Crippen LogP contribution is -2.52. The molecule has 2 aromatic rings. The summed E-state index contributed by atoms with van der Waals surface area (Å²) in [5.41, 5.74) is 0.404. The fraction of sp³-hybridized carbons (Fsp3) is 0.600. The van der Waals surface area contributed by atoms with E-state index in [2.05, 4.69) is 20.1 Å². The van der Waals surface area contributed by atoms with Crippen molar-refractivity contribution in [2.75, 3.05) is 51.6 Å². The highest BCUT2D eigenvalue weighted by molar-refractivity contribution is 7.89. The van der Waals surface area contributed by atoms with Crippen LogP contribution in [0.3, 0.4) is 0 Å². The van der Waals surface area contributed by atoms with E-state index in [1.807, 2.05) is 0 Å². The van der Waals surface area contributed by atoms with Crippen LogP contribution in [0, 0.1) is 0 Å². The van der Waals surface area contributed by atoms with Crippen molar-refractivity contribution in [3.8, 4) is 0 Å². The average Bonchev–Trinajstić information content (AvgIpc) is 3.32. The van der Waals surface area contributed by atoms with Gasteiger partial charge in [-0.1, -0.05) is 17.3 Å². The molecule has 0 saturated carbocycles. The fourth-order valence-corrected chi connectivity index (χ4v) is 6.02. The molecule has 33 heavy (non-hydrogen) atoms. The predicted molar refractivity (Wildman–Crippen MR) is 114 cm³/mol. The SMILES string of the molecule is O=S1(=O)CC(N2CCN(CCO)CC2)CN1Cc1cn(Cc2ccc(C(F)(F)F)cc2)nn1. The number of hydrogen-bond acceptors (Lipinski definition) is 7. The number of hydrogen-bond donors (Lipinski definition) is 1. The van der Waals surface area contributed by atoms with Crippen molar-refractivity contribution in [2.24, 2.45) is 0 Å². The van der Waals surface area contributed by atoms with E-state index in [0.29, 0.717) is 24.3 Å². The zero-order chi connectivity index (χ0) is 23.6. The number of rotatable bonds is 7. The molecule has 0 radical (unpaired) electrons. The van der Waals surface area contributed by atoms with Crippen LogP contribution in [-0.4, -0.2) is 100 Å². The Kier molecular flexibility index (Phi) is 7.05. The second-order valence-electron chi connectivity index (χ2n) is 8.43. The van der Waals surface area contributed by atoms with Crippen LogP contribution in [-0.2, 0) is 29.3 Å². The van der Waals surface area contributed by atoms with Crippen LogP contribution in [0.15, 0.2) is 30.5 Å². The molecule has 4 rings (SSSR count). The van der Waals surface area contributed by atoms with Crippen LogP contribution < -0.4 is 0 Å². The van der Waals surface area contributed by atoms with E-state index in [-0.39, 0.29) is 31.5 Å². The molecule has 0 aliphatic carbocycles. The molecule has 1 aromatic heterocycles. The van der Waals surface area contributed by atoms with Crippen LogP contribution in [0.25, 0.3) is 0 Å². The molecular weight excluding hydrogens is 461 g/mol. The first-order valence-electron chi connectivity index (χ1n) is 10.7. The number of nitrogens with zero attached hydrogens (tertiary/aromatic N) is 6. The summed E-state index contributed by atoms with van der Waals surface area (Å²) in [5, 5.41) is 17.1. The number of aromatic nitrogens is 3. The standard InChI is InChI=1S/C20H27F3N6O3S/c21-20(22,23)17-3-1-16(2-4-17)11-28-12-18(24-25-28)13-29-14-19(15-33(29,31)32)27-7-5-26(6-8-27)9-10-30/h1-4,12,19,30H,5-11,13-15H2. The van der Waals surface area contributed by atoms with Gasteiger partial charge >= 0.3 is 6.18 Å². The molecule has 1 N–H and O–H groups in total. The molecule has 0 amide bonds. The zero-order valence-corrected chi connectivity index (χ0v) is 18.8. The molecule has 13 heteroatoms. The molecule has 2 fully saturated rings. The molecule has 182 valence electrons. The van der Waals surface area contributed by atoms with E-state index in [0.717, 1.165) is 38.3 Å². The number of sulfonamides is 1. The maximum Gasteiger partial charge on any atom is 0.416 e. The van der Waals surface area contributed by atoms with E-state index < -0.39 is 21.8 Å². The molecule has 0 spiro atoms. The van der Waals surface area contributed by atoms with Gasteiger partial charge in [-0.25, -0.2) is 13.1 Å². The lowest BCUT2D eigenvalue weighted by Gasteiger charge is -2.37. The molecule has 1 unspecified atom stereocenters. The highest BCUT2D eigenvalue weighted by atomic mass is 32.2. The van der Waals surface area contributed by atoms with Gasteiger partial charge in [0, 0.05) is 45.3 Å². The van der Waals surface area contributed by atoms with Crippen molar-refractivity contribution in [3.05, 3.63) is 47.3 Å². The van der Waals surface area contributed by atoms with Crippen LogP contribution in [0.4, 0.5) is 13.2 Å². The van der Waals surface area contributed by atoms with Crippen LogP contribution in [0.5, 0.6) is 0 Å². The third-order valence-corrected chi connectivity index (χ3v) is 7.97. The van der Waals surface area contributed by atoms with Crippen molar-refractivity contribution in [1.29, 1.82) is 0 Å². The van der Waals surface area contributed by atoms with Crippen molar-refractivity contribution in [2.45, 2.75) is 25.3 Å². The topological polar surface area (TPSA) is 94.8 Å². The van der Waals surface area contributed by atoms with Crippen molar-refractivity contribution in [1.82, 2.24) is 29.1 Å². The Balaban J connectivity index is 1.34. The van der Waals surface area contributed by atoms with Crippen LogP contribution >= 0.6 is 0 Å². The van der Waals surface area contributed by atoms with Gasteiger partial charge in [0.2, 0.25) is 10.0 Å². The predicted octanol–water partition coefficient (Wildman–Crippen LogP) is 0.469. The smallest absolute Gasteiger partial charge is 0.395 e. The minimum atomic E-state index is -4.38. The second-order valence-corrected chi connectivity index (χ2v) is 10.4. The largest absolute Gasteiger partial charge is 0.416 e. The number of alkyl halides is 3. The first-order valence-corrected chi connectivity index (χ1v) is 12.4. The second kappa shape index (κ2) is 9.66. The molecule has 2 aliphatic heterocycles. The summed E-state index contributed by atoms with van der Waals surface area (Å²) >= 11 is 0. The molecule has 0 bridgehead atoms. The molecule has 9 nitrogen and oxygen atoms in total. The summed E-state index contributed by atoms with van der Waals surface area (Å²) in [5.74, 6) is 0.0622. The third-order valence-electron chi connectivity index (χ3n) is 6.10. The minimum absolute atomic E-state index is 0.0622. The van der Waals surface area contributed by atoms with Crippen molar-refractivity contribution < 1.29 is 26.7 Å². The molecule has 3 heterocycles. The molecule has 1 atom stereocenters. The van der Waals surface area contributed by atoms with Gasteiger partial charge in [0.25, 0.3) is 0 Å². The third kappa shape index (κ3) is 5.90. The Labute approximate surface area is 190 Å². The van der Waals surface area contributed by atoms with Gasteiger partial charge in [-0.05, 0) is 17.7 Å². The Morgan fingerprint density at radius 3 is 2.39 bits per heavy atom. The lowest BCUT2D eigenvalue weighted by atomic mass is 10.1. The minimum Gasteiger partial charge on any atom is -0.395 e. The van der Waals surface area contributed by atoms with Crippen molar-refractivity contribution in [3.63, 3.8) is 0 Å². The van der Waals surface area contributed by atoms with Gasteiger partial charge in [-0.2, -0.15) is 17.5 Å². The highest BCUT2D eigenvalue weighted by Crippen LogP contribution is 2.29. The number of benzene rings is 1. The van der Waals surface area contributed by atoms with E-state index in [9.17, 15) is 21.6 Å². The zero-order valence-electron chi connectivity index (χ0n) is 18.0. The Bertz CT molecular complexity index is 1040. The maximum atomic E-state index is 12.7. The van der Waals surface area contributed by atoms with Gasteiger partial charge in [0.15, 0.2) is 0 Å². The van der Waals surface area contributed by atoms with Crippen LogP contribution in [0.2, 0.25) is 0 Å². The van der Waals surface area contributed by atoms with E-state index in [1.165, 1.54) is 21.1 Å². The van der Waals surface area contributed by atoms with Gasteiger partial charge in [-0.15, -0.1) is 5.10 Å². The van der Waals surface area contributed by atoms with E-state index >= 15 is 0 Å².